The minimum Gasteiger partial charge on any atom is -0.450 e. The Morgan fingerprint density at radius 2 is 1.87 bits per heavy atom. The third kappa shape index (κ3) is 5.34. The molecular formula is C22H29FN6O2. The van der Waals surface area contributed by atoms with E-state index in [2.05, 4.69) is 25.5 Å². The van der Waals surface area contributed by atoms with E-state index >= 15 is 0 Å². The SMILES string of the molecule is CCOC(=O)N1CCN(c2ccc(Nc3ncc(F)c(NC4CCCC4)n3)cc2)CC1. The van der Waals surface area contributed by atoms with Gasteiger partial charge in [0.1, 0.15) is 0 Å². The van der Waals surface area contributed by atoms with Crippen LogP contribution in [-0.4, -0.2) is 59.8 Å². The van der Waals surface area contributed by atoms with Crippen molar-refractivity contribution in [1.82, 2.24) is 14.9 Å². The number of aromatic nitrogens is 2. The number of amides is 1. The monoisotopic (exact) mass is 428 g/mol. The van der Waals surface area contributed by atoms with Crippen LogP contribution in [0.25, 0.3) is 0 Å². The van der Waals surface area contributed by atoms with E-state index in [4.69, 9.17) is 4.74 Å². The Morgan fingerprint density at radius 1 is 1.16 bits per heavy atom. The Kier molecular flexibility index (Phi) is 6.69. The highest BCUT2D eigenvalue weighted by atomic mass is 19.1. The van der Waals surface area contributed by atoms with Gasteiger partial charge in [-0.1, -0.05) is 12.8 Å². The van der Waals surface area contributed by atoms with Crippen LogP contribution in [0.3, 0.4) is 0 Å². The van der Waals surface area contributed by atoms with Crippen LogP contribution in [0.4, 0.5) is 32.3 Å². The minimum atomic E-state index is -0.435. The molecule has 2 aliphatic rings. The topological polar surface area (TPSA) is 82.6 Å². The molecule has 9 heteroatoms. The Morgan fingerprint density at radius 3 is 2.55 bits per heavy atom. The molecule has 0 bridgehead atoms. The molecule has 31 heavy (non-hydrogen) atoms. The van der Waals surface area contributed by atoms with Crippen molar-refractivity contribution in [2.24, 2.45) is 0 Å². The number of nitrogens with zero attached hydrogens (tertiary/aromatic N) is 4. The molecule has 0 atom stereocenters. The molecule has 2 heterocycles. The number of nitrogens with one attached hydrogen (secondary N) is 2. The zero-order valence-corrected chi connectivity index (χ0v) is 17.8. The van der Waals surface area contributed by atoms with Crippen LogP contribution < -0.4 is 15.5 Å². The van der Waals surface area contributed by atoms with Crippen molar-refractivity contribution >= 4 is 29.2 Å². The lowest BCUT2D eigenvalue weighted by Gasteiger charge is -2.35. The molecule has 2 aromatic rings. The van der Waals surface area contributed by atoms with Crippen LogP contribution in [0, 0.1) is 5.82 Å². The number of halogens is 1. The quantitative estimate of drug-likeness (QED) is 0.720. The number of rotatable bonds is 6. The molecule has 1 aromatic heterocycles. The van der Waals surface area contributed by atoms with Crippen molar-refractivity contribution in [1.29, 1.82) is 0 Å². The predicted octanol–water partition coefficient (Wildman–Crippen LogP) is 3.99. The van der Waals surface area contributed by atoms with Crippen molar-refractivity contribution in [3.05, 3.63) is 36.3 Å². The summed E-state index contributed by atoms with van der Waals surface area (Å²) in [5, 5.41) is 6.34. The fraction of sp³-hybridized carbons (Fsp3) is 0.500. The van der Waals surface area contributed by atoms with Gasteiger partial charge in [0.2, 0.25) is 5.95 Å². The molecule has 1 aliphatic carbocycles. The van der Waals surface area contributed by atoms with Gasteiger partial charge in [-0.15, -0.1) is 0 Å². The van der Waals surface area contributed by atoms with E-state index in [1.165, 1.54) is 19.0 Å². The lowest BCUT2D eigenvalue weighted by atomic mass is 10.2. The second kappa shape index (κ2) is 9.80. The van der Waals surface area contributed by atoms with Gasteiger partial charge in [0.15, 0.2) is 11.6 Å². The molecule has 1 amide bonds. The fourth-order valence-corrected chi connectivity index (χ4v) is 4.04. The van der Waals surface area contributed by atoms with E-state index in [0.717, 1.165) is 37.3 Å². The maximum Gasteiger partial charge on any atom is 0.409 e. The van der Waals surface area contributed by atoms with E-state index in [1.54, 1.807) is 4.90 Å². The normalized spacial score (nSPS) is 17.0. The van der Waals surface area contributed by atoms with Gasteiger partial charge >= 0.3 is 6.09 Å². The van der Waals surface area contributed by atoms with E-state index in [-0.39, 0.29) is 18.0 Å². The number of carbonyl (C=O) groups is 1. The van der Waals surface area contributed by atoms with Crippen molar-refractivity contribution in [2.75, 3.05) is 48.3 Å². The Labute approximate surface area is 181 Å². The first-order chi connectivity index (χ1) is 15.1. The summed E-state index contributed by atoms with van der Waals surface area (Å²) in [6.45, 7) is 4.99. The van der Waals surface area contributed by atoms with Crippen LogP contribution in [0.1, 0.15) is 32.6 Å². The molecule has 2 N–H and O–H groups in total. The number of benzene rings is 1. The van der Waals surface area contributed by atoms with E-state index in [0.29, 0.717) is 25.6 Å². The van der Waals surface area contributed by atoms with Crippen molar-refractivity contribution < 1.29 is 13.9 Å². The summed E-state index contributed by atoms with van der Waals surface area (Å²) >= 11 is 0. The average Bonchev–Trinajstić information content (AvgIpc) is 3.30. The van der Waals surface area contributed by atoms with Gasteiger partial charge in [-0.25, -0.2) is 14.2 Å². The maximum atomic E-state index is 14.1. The van der Waals surface area contributed by atoms with Gasteiger partial charge in [0.05, 0.1) is 12.8 Å². The van der Waals surface area contributed by atoms with E-state index in [1.807, 2.05) is 31.2 Å². The molecular weight excluding hydrogens is 399 g/mol. The molecule has 1 aromatic carbocycles. The van der Waals surface area contributed by atoms with Gasteiger partial charge in [0.25, 0.3) is 0 Å². The zero-order valence-electron chi connectivity index (χ0n) is 17.8. The second-order valence-electron chi connectivity index (χ2n) is 7.86. The molecule has 1 saturated heterocycles. The standard InChI is InChI=1S/C22H29FN6O2/c1-2-31-22(30)29-13-11-28(12-14-29)18-9-7-17(8-10-18)26-21-24-15-19(23)20(27-21)25-16-5-3-4-6-16/h7-10,15-16H,2-6,11-14H2,1H3,(H2,24,25,26,27). The summed E-state index contributed by atoms with van der Waals surface area (Å²) in [6, 6.07) is 8.21. The summed E-state index contributed by atoms with van der Waals surface area (Å²) in [5.41, 5.74) is 1.91. The lowest BCUT2D eigenvalue weighted by molar-refractivity contribution is 0.105. The summed E-state index contributed by atoms with van der Waals surface area (Å²) < 4.78 is 19.2. The Balaban J connectivity index is 1.34. The van der Waals surface area contributed by atoms with Gasteiger partial charge < -0.3 is 25.2 Å². The van der Waals surface area contributed by atoms with E-state index < -0.39 is 5.82 Å². The predicted molar refractivity (Wildman–Crippen MR) is 118 cm³/mol. The average molecular weight is 429 g/mol. The van der Waals surface area contributed by atoms with Crippen molar-refractivity contribution in [3.8, 4) is 0 Å². The number of anilines is 4. The first kappa shape index (κ1) is 21.1. The first-order valence-corrected chi connectivity index (χ1v) is 10.9. The van der Waals surface area contributed by atoms with Crippen LogP contribution in [0.15, 0.2) is 30.5 Å². The number of hydrogen-bond acceptors (Lipinski definition) is 7. The molecule has 0 spiro atoms. The first-order valence-electron chi connectivity index (χ1n) is 10.9. The van der Waals surface area contributed by atoms with Gasteiger partial charge in [-0.05, 0) is 44.0 Å². The summed E-state index contributed by atoms with van der Waals surface area (Å²) in [6.07, 6.45) is 5.37. The molecule has 0 unspecified atom stereocenters. The van der Waals surface area contributed by atoms with Gasteiger partial charge in [-0.2, -0.15) is 4.98 Å². The van der Waals surface area contributed by atoms with Crippen LogP contribution in [-0.2, 0) is 4.74 Å². The third-order valence-corrected chi connectivity index (χ3v) is 5.73. The molecule has 4 rings (SSSR count). The Hall–Kier alpha value is -3.10. The molecule has 8 nitrogen and oxygen atoms in total. The van der Waals surface area contributed by atoms with Crippen LogP contribution in [0.2, 0.25) is 0 Å². The summed E-state index contributed by atoms with van der Waals surface area (Å²) in [7, 11) is 0. The lowest BCUT2D eigenvalue weighted by Crippen LogP contribution is -2.49. The van der Waals surface area contributed by atoms with Crippen molar-refractivity contribution in [3.63, 3.8) is 0 Å². The zero-order chi connectivity index (χ0) is 21.6. The van der Waals surface area contributed by atoms with E-state index in [9.17, 15) is 9.18 Å². The highest BCUT2D eigenvalue weighted by Gasteiger charge is 2.22. The maximum absolute atomic E-state index is 14.1. The number of piperazine rings is 1. The molecule has 166 valence electrons. The third-order valence-electron chi connectivity index (χ3n) is 5.73. The Bertz CT molecular complexity index is 880. The fourth-order valence-electron chi connectivity index (χ4n) is 4.04. The largest absolute Gasteiger partial charge is 0.450 e. The highest BCUT2D eigenvalue weighted by Crippen LogP contribution is 2.25. The molecule has 1 saturated carbocycles. The minimum absolute atomic E-state index is 0.247. The van der Waals surface area contributed by atoms with Gasteiger partial charge in [-0.3, -0.25) is 0 Å². The van der Waals surface area contributed by atoms with Crippen LogP contribution >= 0.6 is 0 Å². The number of ether oxygens (including phenoxy) is 1. The molecule has 0 radical (unpaired) electrons. The smallest absolute Gasteiger partial charge is 0.409 e. The summed E-state index contributed by atoms with van der Waals surface area (Å²) in [5.74, 6) is 0.174. The molecule has 2 fully saturated rings. The molecule has 1 aliphatic heterocycles. The second-order valence-corrected chi connectivity index (χ2v) is 7.86. The highest BCUT2D eigenvalue weighted by molar-refractivity contribution is 5.68. The number of hydrogen-bond donors (Lipinski definition) is 2. The summed E-state index contributed by atoms with van der Waals surface area (Å²) in [4.78, 5) is 24.2. The van der Waals surface area contributed by atoms with Crippen LogP contribution in [0.5, 0.6) is 0 Å². The van der Waals surface area contributed by atoms with Gasteiger partial charge in [0, 0.05) is 43.6 Å². The number of carbonyl (C=O) groups excluding carboxylic acids is 1. The van der Waals surface area contributed by atoms with Crippen molar-refractivity contribution in [2.45, 2.75) is 38.6 Å².